The summed E-state index contributed by atoms with van der Waals surface area (Å²) in [5.41, 5.74) is -0.417. The lowest BCUT2D eigenvalue weighted by Crippen LogP contribution is -2.41. The third-order valence-corrected chi connectivity index (χ3v) is 3.37. The largest absolute Gasteiger partial charge is 0.361 e. The van der Waals surface area contributed by atoms with Gasteiger partial charge in [-0.3, -0.25) is 9.36 Å². The van der Waals surface area contributed by atoms with E-state index < -0.39 is 18.7 Å². The first-order valence-electron chi connectivity index (χ1n) is 6.63. The van der Waals surface area contributed by atoms with Gasteiger partial charge in [0.15, 0.2) is 11.5 Å². The second-order valence-corrected chi connectivity index (χ2v) is 4.97. The molecule has 118 valence electrons. The van der Waals surface area contributed by atoms with Crippen molar-refractivity contribution < 1.29 is 18.1 Å². The summed E-state index contributed by atoms with van der Waals surface area (Å²) in [6.07, 6.45) is -2.66. The summed E-state index contributed by atoms with van der Waals surface area (Å²) in [5.74, 6) is 0.447. The Labute approximate surface area is 122 Å². The molecule has 0 bridgehead atoms. The number of nitrogens with zero attached hydrogens (tertiary/aromatic N) is 5. The zero-order valence-electron chi connectivity index (χ0n) is 11.7. The molecular weight excluding hydrogens is 300 g/mol. The summed E-state index contributed by atoms with van der Waals surface area (Å²) in [6.45, 7) is 1.47. The SMILES string of the molecule is Cc1cc(C(=O)N2CCn3c(nn(CC(F)F)c3=O)C2)no1. The maximum Gasteiger partial charge on any atom is 0.346 e. The molecule has 0 N–H and O–H groups in total. The highest BCUT2D eigenvalue weighted by Crippen LogP contribution is 2.13. The van der Waals surface area contributed by atoms with E-state index in [0.29, 0.717) is 5.76 Å². The highest BCUT2D eigenvalue weighted by molar-refractivity contribution is 5.92. The second kappa shape index (κ2) is 5.35. The molecule has 8 nitrogen and oxygen atoms in total. The lowest BCUT2D eigenvalue weighted by molar-refractivity contribution is 0.0695. The zero-order chi connectivity index (χ0) is 15.9. The number of fused-ring (bicyclic) bond motifs is 1. The molecule has 2 aromatic heterocycles. The van der Waals surface area contributed by atoms with Gasteiger partial charge >= 0.3 is 5.69 Å². The molecular formula is C12H13F2N5O3. The summed E-state index contributed by atoms with van der Waals surface area (Å²) in [6, 6.07) is 1.51. The molecule has 1 aliphatic rings. The number of aromatic nitrogens is 4. The highest BCUT2D eigenvalue weighted by atomic mass is 19.3. The van der Waals surface area contributed by atoms with E-state index in [0.717, 1.165) is 4.68 Å². The van der Waals surface area contributed by atoms with Crippen molar-refractivity contribution in [1.82, 2.24) is 24.4 Å². The summed E-state index contributed by atoms with van der Waals surface area (Å²) >= 11 is 0. The summed E-state index contributed by atoms with van der Waals surface area (Å²) in [7, 11) is 0. The Bertz CT molecular complexity index is 763. The van der Waals surface area contributed by atoms with Crippen molar-refractivity contribution in [1.29, 1.82) is 0 Å². The van der Waals surface area contributed by atoms with Crippen molar-refractivity contribution in [2.45, 2.75) is 33.0 Å². The van der Waals surface area contributed by atoms with Crippen LogP contribution in [0, 0.1) is 6.92 Å². The molecule has 0 unspecified atom stereocenters. The van der Waals surface area contributed by atoms with Crippen LogP contribution in [0.5, 0.6) is 0 Å². The first kappa shape index (κ1) is 14.4. The third kappa shape index (κ3) is 2.51. The average molecular weight is 313 g/mol. The molecule has 0 aliphatic carbocycles. The molecule has 1 amide bonds. The van der Waals surface area contributed by atoms with E-state index in [4.69, 9.17) is 4.52 Å². The highest BCUT2D eigenvalue weighted by Gasteiger charge is 2.27. The standard InChI is InChI=1S/C12H13F2N5O3/c1-7-4-8(16-22-7)11(20)17-2-3-18-10(6-17)15-19(12(18)21)5-9(13)14/h4,9H,2-3,5-6H2,1H3. The van der Waals surface area contributed by atoms with E-state index in [2.05, 4.69) is 10.3 Å². The first-order chi connectivity index (χ1) is 10.5. The number of alkyl halides is 2. The molecule has 22 heavy (non-hydrogen) atoms. The number of aryl methyl sites for hydroxylation is 1. The van der Waals surface area contributed by atoms with E-state index in [1.54, 1.807) is 6.92 Å². The van der Waals surface area contributed by atoms with Gasteiger partial charge in [-0.25, -0.2) is 18.3 Å². The molecule has 0 radical (unpaired) electrons. The average Bonchev–Trinajstić information content (AvgIpc) is 3.02. The Hall–Kier alpha value is -2.52. The summed E-state index contributed by atoms with van der Waals surface area (Å²) < 4.78 is 31.7. The Kier molecular flexibility index (Phi) is 3.51. The fourth-order valence-electron chi connectivity index (χ4n) is 2.35. The Balaban J connectivity index is 1.82. The first-order valence-corrected chi connectivity index (χ1v) is 6.63. The fourth-order valence-corrected chi connectivity index (χ4v) is 2.35. The van der Waals surface area contributed by atoms with Crippen molar-refractivity contribution in [3.05, 3.63) is 33.8 Å². The van der Waals surface area contributed by atoms with Gasteiger partial charge in [-0.1, -0.05) is 5.16 Å². The number of carbonyl (C=O) groups excluding carboxylic acids is 1. The lowest BCUT2D eigenvalue weighted by atomic mass is 10.3. The van der Waals surface area contributed by atoms with Gasteiger partial charge in [0.2, 0.25) is 0 Å². The van der Waals surface area contributed by atoms with Gasteiger partial charge in [0.05, 0.1) is 6.54 Å². The van der Waals surface area contributed by atoms with Crippen molar-refractivity contribution in [3.8, 4) is 0 Å². The molecule has 0 fully saturated rings. The smallest absolute Gasteiger partial charge is 0.346 e. The van der Waals surface area contributed by atoms with Gasteiger partial charge in [-0.2, -0.15) is 5.10 Å². The Morgan fingerprint density at radius 1 is 1.45 bits per heavy atom. The predicted molar refractivity (Wildman–Crippen MR) is 68.5 cm³/mol. The lowest BCUT2D eigenvalue weighted by Gasteiger charge is -2.25. The van der Waals surface area contributed by atoms with Gasteiger partial charge in [-0.15, -0.1) is 0 Å². The molecule has 10 heteroatoms. The topological polar surface area (TPSA) is 86.2 Å². The van der Waals surface area contributed by atoms with E-state index in [1.807, 2.05) is 0 Å². The number of hydrogen-bond donors (Lipinski definition) is 0. The molecule has 3 heterocycles. The van der Waals surface area contributed by atoms with Gasteiger partial charge in [0, 0.05) is 19.2 Å². The zero-order valence-corrected chi connectivity index (χ0v) is 11.7. The van der Waals surface area contributed by atoms with Crippen LogP contribution < -0.4 is 5.69 Å². The Morgan fingerprint density at radius 2 is 2.23 bits per heavy atom. The van der Waals surface area contributed by atoms with Crippen molar-refractivity contribution in [2.75, 3.05) is 6.54 Å². The number of amides is 1. The quantitative estimate of drug-likeness (QED) is 0.811. The molecule has 0 atom stereocenters. The van der Waals surface area contributed by atoms with Crippen molar-refractivity contribution in [3.63, 3.8) is 0 Å². The number of halogens is 2. The molecule has 1 aliphatic heterocycles. The van der Waals surface area contributed by atoms with Crippen molar-refractivity contribution >= 4 is 5.91 Å². The normalized spacial score (nSPS) is 14.5. The maximum absolute atomic E-state index is 12.4. The molecule has 0 saturated carbocycles. The van der Waals surface area contributed by atoms with E-state index in [1.165, 1.54) is 15.5 Å². The minimum absolute atomic E-state index is 0.0657. The minimum Gasteiger partial charge on any atom is -0.361 e. The monoisotopic (exact) mass is 313 g/mol. The van der Waals surface area contributed by atoms with Gasteiger partial charge in [0.1, 0.15) is 12.3 Å². The van der Waals surface area contributed by atoms with Crippen LogP contribution in [0.2, 0.25) is 0 Å². The van der Waals surface area contributed by atoms with Crippen LogP contribution in [0.3, 0.4) is 0 Å². The van der Waals surface area contributed by atoms with E-state index >= 15 is 0 Å². The second-order valence-electron chi connectivity index (χ2n) is 4.97. The molecule has 2 aromatic rings. The summed E-state index contributed by atoms with van der Waals surface area (Å²) in [5, 5.41) is 7.52. The van der Waals surface area contributed by atoms with Crippen LogP contribution in [-0.2, 0) is 19.6 Å². The van der Waals surface area contributed by atoms with Crippen LogP contribution >= 0.6 is 0 Å². The van der Waals surface area contributed by atoms with E-state index in [9.17, 15) is 18.4 Å². The van der Waals surface area contributed by atoms with Gasteiger partial charge in [-0.05, 0) is 6.92 Å². The molecule has 0 saturated heterocycles. The molecule has 3 rings (SSSR count). The number of hydrogen-bond acceptors (Lipinski definition) is 5. The van der Waals surface area contributed by atoms with Crippen LogP contribution in [0.4, 0.5) is 8.78 Å². The van der Waals surface area contributed by atoms with Crippen LogP contribution in [0.15, 0.2) is 15.4 Å². The van der Waals surface area contributed by atoms with Crippen molar-refractivity contribution in [2.24, 2.45) is 0 Å². The maximum atomic E-state index is 12.4. The van der Waals surface area contributed by atoms with Crippen LogP contribution in [-0.4, -0.2) is 43.3 Å². The molecule has 0 aromatic carbocycles. The van der Waals surface area contributed by atoms with Crippen LogP contribution in [0.1, 0.15) is 22.1 Å². The minimum atomic E-state index is -2.66. The van der Waals surface area contributed by atoms with Crippen LogP contribution in [0.25, 0.3) is 0 Å². The molecule has 0 spiro atoms. The number of carbonyl (C=O) groups is 1. The fraction of sp³-hybridized carbons (Fsp3) is 0.500. The van der Waals surface area contributed by atoms with Gasteiger partial charge in [0.25, 0.3) is 12.3 Å². The Morgan fingerprint density at radius 3 is 2.86 bits per heavy atom. The van der Waals surface area contributed by atoms with Gasteiger partial charge < -0.3 is 9.42 Å². The third-order valence-electron chi connectivity index (χ3n) is 3.37. The predicted octanol–water partition coefficient (Wildman–Crippen LogP) is 0.262. The van der Waals surface area contributed by atoms with E-state index in [-0.39, 0.29) is 37.1 Å². The summed E-state index contributed by atoms with van der Waals surface area (Å²) in [4.78, 5) is 25.6. The number of rotatable bonds is 3.